The van der Waals surface area contributed by atoms with Crippen LogP contribution in [0.15, 0.2) is 0 Å². The predicted octanol–water partition coefficient (Wildman–Crippen LogP) is 2.71. The van der Waals surface area contributed by atoms with E-state index in [2.05, 4.69) is 12.2 Å². The topological polar surface area (TPSA) is 86.6 Å². The zero-order valence-corrected chi connectivity index (χ0v) is 10.2. The van der Waals surface area contributed by atoms with Crippen LogP contribution in [0.1, 0.15) is 52.4 Å². The number of hydrogen-bond donors (Lipinski definition) is 3. The lowest BCUT2D eigenvalue weighted by atomic mass is 10.1. The zero-order valence-electron chi connectivity index (χ0n) is 10.2. The van der Waals surface area contributed by atoms with Crippen molar-refractivity contribution in [1.82, 2.24) is 5.32 Å². The van der Waals surface area contributed by atoms with Gasteiger partial charge in [-0.25, -0.2) is 4.79 Å². The molecule has 0 heterocycles. The minimum atomic E-state index is -0.913. The smallest absolute Gasteiger partial charge is 0.404 e. The molecule has 16 heavy (non-hydrogen) atoms. The monoisotopic (exact) mass is 233 g/mol. The van der Waals surface area contributed by atoms with Crippen LogP contribution in [0.5, 0.6) is 0 Å². The summed E-state index contributed by atoms with van der Waals surface area (Å²) in [5.74, 6) is -0.833. The van der Waals surface area contributed by atoms with Crippen LogP contribution < -0.4 is 5.32 Å². The molecule has 0 atom stereocenters. The summed E-state index contributed by atoms with van der Waals surface area (Å²) >= 11 is 0. The number of unbranched alkanes of at least 4 members (excludes halogenated alkanes) is 5. The van der Waals surface area contributed by atoms with Gasteiger partial charge in [0.25, 0.3) is 5.97 Å². The summed E-state index contributed by atoms with van der Waals surface area (Å²) in [6.07, 6.45) is 6.26. The fourth-order valence-electron chi connectivity index (χ4n) is 1.10. The van der Waals surface area contributed by atoms with E-state index >= 15 is 0 Å². The van der Waals surface area contributed by atoms with Crippen LogP contribution in [0.3, 0.4) is 0 Å². The van der Waals surface area contributed by atoms with Gasteiger partial charge in [-0.15, -0.1) is 0 Å². The maximum Gasteiger partial charge on any atom is 0.404 e. The van der Waals surface area contributed by atoms with Crippen molar-refractivity contribution in [3.63, 3.8) is 0 Å². The van der Waals surface area contributed by atoms with Gasteiger partial charge < -0.3 is 15.5 Å². The Balaban J connectivity index is 0. The van der Waals surface area contributed by atoms with Crippen molar-refractivity contribution < 1.29 is 19.8 Å². The Hall–Kier alpha value is -1.26. The first kappa shape index (κ1) is 17.1. The molecule has 0 saturated carbocycles. The molecule has 3 N–H and O–H groups in total. The highest BCUT2D eigenvalue weighted by molar-refractivity contribution is 5.64. The second kappa shape index (κ2) is 13.7. The fourth-order valence-corrected chi connectivity index (χ4v) is 1.10. The van der Waals surface area contributed by atoms with Gasteiger partial charge in [-0.05, 0) is 6.42 Å². The van der Waals surface area contributed by atoms with Crippen LogP contribution >= 0.6 is 0 Å². The second-order valence-electron chi connectivity index (χ2n) is 3.52. The molecule has 0 aliphatic rings. The molecular formula is C11H23NO4. The molecule has 0 fully saturated rings. The molecule has 0 radical (unpaired) electrons. The standard InChI is InChI=1S/C9H19NO2.C2H4O2/c1-2-3-4-5-6-7-8-10-9(11)12;1-2(3)4/h10H,2-8H2,1H3,(H,11,12);1H3,(H,3,4). The maximum absolute atomic E-state index is 10.0. The Morgan fingerprint density at radius 2 is 1.44 bits per heavy atom. The highest BCUT2D eigenvalue weighted by Crippen LogP contribution is 2.03. The first-order chi connectivity index (χ1) is 7.50. The van der Waals surface area contributed by atoms with Crippen LogP contribution in [-0.2, 0) is 4.79 Å². The van der Waals surface area contributed by atoms with Crippen molar-refractivity contribution in [3.8, 4) is 0 Å². The van der Waals surface area contributed by atoms with Gasteiger partial charge in [0.2, 0.25) is 0 Å². The molecule has 0 aromatic carbocycles. The molecule has 0 aliphatic heterocycles. The minimum Gasteiger partial charge on any atom is -0.481 e. The van der Waals surface area contributed by atoms with E-state index < -0.39 is 12.1 Å². The van der Waals surface area contributed by atoms with Crippen molar-refractivity contribution in [3.05, 3.63) is 0 Å². The van der Waals surface area contributed by atoms with Gasteiger partial charge in [0.15, 0.2) is 0 Å². The van der Waals surface area contributed by atoms with Gasteiger partial charge in [0.1, 0.15) is 0 Å². The van der Waals surface area contributed by atoms with Crippen molar-refractivity contribution in [2.75, 3.05) is 6.54 Å². The van der Waals surface area contributed by atoms with Crippen molar-refractivity contribution in [2.24, 2.45) is 0 Å². The van der Waals surface area contributed by atoms with Crippen LogP contribution in [0, 0.1) is 0 Å². The van der Waals surface area contributed by atoms with E-state index in [9.17, 15) is 4.79 Å². The summed E-state index contributed by atoms with van der Waals surface area (Å²) in [5, 5.41) is 18.0. The molecule has 1 amide bonds. The van der Waals surface area contributed by atoms with E-state index in [1.54, 1.807) is 0 Å². The zero-order chi connectivity index (χ0) is 12.8. The number of amides is 1. The summed E-state index contributed by atoms with van der Waals surface area (Å²) in [6.45, 7) is 3.87. The largest absolute Gasteiger partial charge is 0.481 e. The van der Waals surface area contributed by atoms with Crippen molar-refractivity contribution in [2.45, 2.75) is 52.4 Å². The van der Waals surface area contributed by atoms with Gasteiger partial charge >= 0.3 is 6.09 Å². The van der Waals surface area contributed by atoms with Crippen LogP contribution in [0.25, 0.3) is 0 Å². The molecule has 0 aromatic heterocycles. The normalized spacial score (nSPS) is 8.88. The lowest BCUT2D eigenvalue weighted by Gasteiger charge is -2.00. The number of rotatable bonds is 7. The van der Waals surface area contributed by atoms with E-state index in [0.29, 0.717) is 6.54 Å². The third-order valence-electron chi connectivity index (χ3n) is 1.81. The lowest BCUT2D eigenvalue weighted by molar-refractivity contribution is -0.134. The summed E-state index contributed by atoms with van der Waals surface area (Å²) in [5.41, 5.74) is 0. The number of aliphatic carboxylic acids is 1. The van der Waals surface area contributed by atoms with Gasteiger partial charge in [-0.2, -0.15) is 0 Å². The average Bonchev–Trinajstić information content (AvgIpc) is 2.15. The Morgan fingerprint density at radius 3 is 1.88 bits per heavy atom. The van der Waals surface area contributed by atoms with Gasteiger partial charge in [-0.1, -0.05) is 39.0 Å². The highest BCUT2D eigenvalue weighted by Gasteiger charge is 1.92. The Morgan fingerprint density at radius 1 is 1.00 bits per heavy atom. The highest BCUT2D eigenvalue weighted by atomic mass is 16.4. The number of carboxylic acid groups (broad SMARTS) is 2. The average molecular weight is 233 g/mol. The lowest BCUT2D eigenvalue weighted by Crippen LogP contribution is -2.21. The van der Waals surface area contributed by atoms with E-state index in [1.807, 2.05) is 0 Å². The molecule has 0 aromatic rings. The Bertz CT molecular complexity index is 179. The quantitative estimate of drug-likeness (QED) is 0.590. The number of carbonyl (C=O) groups is 2. The molecule has 0 spiro atoms. The summed E-state index contributed by atoms with van der Waals surface area (Å²) in [6, 6.07) is 0. The number of hydrogen-bond acceptors (Lipinski definition) is 2. The molecule has 0 bridgehead atoms. The van der Waals surface area contributed by atoms with Crippen molar-refractivity contribution >= 4 is 12.1 Å². The minimum absolute atomic E-state index is 0.599. The van der Waals surface area contributed by atoms with Crippen LogP contribution in [0.2, 0.25) is 0 Å². The van der Waals surface area contributed by atoms with Gasteiger partial charge in [0.05, 0.1) is 0 Å². The molecule has 96 valence electrons. The third-order valence-corrected chi connectivity index (χ3v) is 1.81. The Kier molecular flexibility index (Phi) is 14.7. The molecule has 5 heteroatoms. The van der Waals surface area contributed by atoms with E-state index in [1.165, 1.54) is 25.7 Å². The van der Waals surface area contributed by atoms with E-state index in [-0.39, 0.29) is 0 Å². The maximum atomic E-state index is 10.0. The van der Waals surface area contributed by atoms with Crippen LogP contribution in [-0.4, -0.2) is 28.8 Å². The number of nitrogens with one attached hydrogen (secondary N) is 1. The van der Waals surface area contributed by atoms with Gasteiger partial charge in [0, 0.05) is 13.5 Å². The van der Waals surface area contributed by atoms with Crippen molar-refractivity contribution in [1.29, 1.82) is 0 Å². The van der Waals surface area contributed by atoms with E-state index in [0.717, 1.165) is 19.8 Å². The predicted molar refractivity (Wildman–Crippen MR) is 62.7 cm³/mol. The molecular weight excluding hydrogens is 210 g/mol. The fraction of sp³-hybridized carbons (Fsp3) is 0.818. The molecule has 0 saturated heterocycles. The third kappa shape index (κ3) is 29.3. The first-order valence-corrected chi connectivity index (χ1v) is 5.67. The molecule has 0 aliphatic carbocycles. The second-order valence-corrected chi connectivity index (χ2v) is 3.52. The molecule has 0 unspecified atom stereocenters. The molecule has 5 nitrogen and oxygen atoms in total. The summed E-state index contributed by atoms with van der Waals surface area (Å²) in [7, 11) is 0. The van der Waals surface area contributed by atoms with Crippen LogP contribution in [0.4, 0.5) is 4.79 Å². The molecule has 0 rings (SSSR count). The summed E-state index contributed by atoms with van der Waals surface area (Å²) in [4.78, 5) is 19.0. The summed E-state index contributed by atoms with van der Waals surface area (Å²) < 4.78 is 0. The van der Waals surface area contributed by atoms with E-state index in [4.69, 9.17) is 15.0 Å². The van der Waals surface area contributed by atoms with Gasteiger partial charge in [-0.3, -0.25) is 4.79 Å². The number of carboxylic acids is 1. The Labute approximate surface area is 96.9 Å². The SMILES string of the molecule is CC(=O)O.CCCCCCCCNC(=O)O. The first-order valence-electron chi connectivity index (χ1n) is 5.67.